The standard InChI is InChI=1S/C11H18ClN3O/c1-15-10(12)5-14-11(15)6-13-9-4-2-3-8(9)7-16/h5,8-9,13,16H,2-4,6-7H2,1H3. The molecule has 2 rings (SSSR count). The lowest BCUT2D eigenvalue weighted by atomic mass is 10.1. The largest absolute Gasteiger partial charge is 0.396 e. The van der Waals surface area contributed by atoms with Crippen LogP contribution in [0.25, 0.3) is 0 Å². The zero-order valence-electron chi connectivity index (χ0n) is 9.49. The lowest BCUT2D eigenvalue weighted by molar-refractivity contribution is 0.204. The first-order valence-corrected chi connectivity index (χ1v) is 6.10. The molecule has 0 aromatic carbocycles. The molecule has 1 aliphatic rings. The minimum atomic E-state index is 0.277. The van der Waals surface area contributed by atoms with Crippen molar-refractivity contribution in [3.05, 3.63) is 17.2 Å². The molecule has 0 radical (unpaired) electrons. The first-order chi connectivity index (χ1) is 7.72. The lowest BCUT2D eigenvalue weighted by Gasteiger charge is -2.18. The van der Waals surface area contributed by atoms with Crippen LogP contribution in [0.5, 0.6) is 0 Å². The van der Waals surface area contributed by atoms with Gasteiger partial charge in [-0.15, -0.1) is 0 Å². The summed E-state index contributed by atoms with van der Waals surface area (Å²) < 4.78 is 1.87. The third-order valence-corrected chi connectivity index (χ3v) is 3.79. The Morgan fingerprint density at radius 2 is 2.44 bits per heavy atom. The Morgan fingerprint density at radius 1 is 1.62 bits per heavy atom. The maximum Gasteiger partial charge on any atom is 0.128 e. The zero-order valence-corrected chi connectivity index (χ0v) is 10.2. The van der Waals surface area contributed by atoms with Crippen molar-refractivity contribution in [2.75, 3.05) is 6.61 Å². The summed E-state index contributed by atoms with van der Waals surface area (Å²) in [5.41, 5.74) is 0. The second kappa shape index (κ2) is 5.17. The van der Waals surface area contributed by atoms with E-state index in [0.29, 0.717) is 23.7 Å². The molecule has 4 nitrogen and oxygen atoms in total. The highest BCUT2D eigenvalue weighted by molar-refractivity contribution is 6.29. The zero-order chi connectivity index (χ0) is 11.5. The van der Waals surface area contributed by atoms with Crippen LogP contribution in [0.3, 0.4) is 0 Å². The van der Waals surface area contributed by atoms with Crippen LogP contribution in [0.4, 0.5) is 0 Å². The van der Waals surface area contributed by atoms with Gasteiger partial charge in [0.25, 0.3) is 0 Å². The summed E-state index contributed by atoms with van der Waals surface area (Å²) in [6, 6.07) is 0.417. The van der Waals surface area contributed by atoms with E-state index in [4.69, 9.17) is 11.6 Å². The topological polar surface area (TPSA) is 50.1 Å². The van der Waals surface area contributed by atoms with Gasteiger partial charge in [0.15, 0.2) is 0 Å². The maximum atomic E-state index is 9.21. The molecule has 0 saturated heterocycles. The number of hydrogen-bond acceptors (Lipinski definition) is 3. The molecular formula is C11H18ClN3O. The van der Waals surface area contributed by atoms with Gasteiger partial charge in [0.1, 0.15) is 11.0 Å². The predicted octanol–water partition coefficient (Wildman–Crippen LogP) is 1.32. The van der Waals surface area contributed by atoms with Crippen LogP contribution in [-0.2, 0) is 13.6 Å². The van der Waals surface area contributed by atoms with E-state index in [-0.39, 0.29) is 6.61 Å². The normalized spacial score (nSPS) is 25.2. The Bertz CT molecular complexity index is 353. The summed E-state index contributed by atoms with van der Waals surface area (Å²) in [4.78, 5) is 4.23. The molecule has 0 bridgehead atoms. The van der Waals surface area contributed by atoms with E-state index in [2.05, 4.69) is 10.3 Å². The summed E-state index contributed by atoms with van der Waals surface area (Å²) in [5, 5.41) is 13.3. The van der Waals surface area contributed by atoms with Gasteiger partial charge >= 0.3 is 0 Å². The van der Waals surface area contributed by atoms with Gasteiger partial charge in [0.05, 0.1) is 12.7 Å². The van der Waals surface area contributed by atoms with E-state index in [1.54, 1.807) is 6.20 Å². The van der Waals surface area contributed by atoms with E-state index in [9.17, 15) is 5.11 Å². The van der Waals surface area contributed by atoms with Gasteiger partial charge in [-0.1, -0.05) is 18.0 Å². The molecule has 16 heavy (non-hydrogen) atoms. The summed E-state index contributed by atoms with van der Waals surface area (Å²) in [6.07, 6.45) is 5.12. The third kappa shape index (κ3) is 2.39. The minimum Gasteiger partial charge on any atom is -0.396 e. The van der Waals surface area contributed by atoms with Crippen molar-refractivity contribution >= 4 is 11.6 Å². The van der Waals surface area contributed by atoms with Crippen molar-refractivity contribution in [3.63, 3.8) is 0 Å². The molecule has 0 aliphatic heterocycles. The van der Waals surface area contributed by atoms with Crippen molar-refractivity contribution in [2.45, 2.75) is 31.8 Å². The fraction of sp³-hybridized carbons (Fsp3) is 0.727. The highest BCUT2D eigenvalue weighted by Crippen LogP contribution is 2.25. The van der Waals surface area contributed by atoms with E-state index in [0.717, 1.165) is 18.7 Å². The van der Waals surface area contributed by atoms with Crippen LogP contribution in [0.1, 0.15) is 25.1 Å². The molecule has 1 aromatic heterocycles. The number of rotatable bonds is 4. The van der Waals surface area contributed by atoms with Crippen molar-refractivity contribution in [3.8, 4) is 0 Å². The smallest absolute Gasteiger partial charge is 0.128 e. The number of imidazole rings is 1. The number of nitrogens with one attached hydrogen (secondary N) is 1. The third-order valence-electron chi connectivity index (χ3n) is 3.44. The molecule has 2 atom stereocenters. The number of aromatic nitrogens is 2. The average molecular weight is 244 g/mol. The van der Waals surface area contributed by atoms with Crippen LogP contribution in [0.2, 0.25) is 5.15 Å². The molecule has 1 aliphatic carbocycles. The highest BCUT2D eigenvalue weighted by Gasteiger charge is 2.26. The number of hydrogen-bond donors (Lipinski definition) is 2. The quantitative estimate of drug-likeness (QED) is 0.839. The van der Waals surface area contributed by atoms with Crippen LogP contribution in [0, 0.1) is 5.92 Å². The second-order valence-corrected chi connectivity index (χ2v) is 4.80. The van der Waals surface area contributed by atoms with Crippen molar-refractivity contribution in [2.24, 2.45) is 13.0 Å². The number of aliphatic hydroxyl groups excluding tert-OH is 1. The van der Waals surface area contributed by atoms with Crippen molar-refractivity contribution in [1.82, 2.24) is 14.9 Å². The Kier molecular flexibility index (Phi) is 3.84. The molecular weight excluding hydrogens is 226 g/mol. The van der Waals surface area contributed by atoms with Gasteiger partial charge in [-0.05, 0) is 18.8 Å². The molecule has 1 saturated carbocycles. The first-order valence-electron chi connectivity index (χ1n) is 5.72. The van der Waals surface area contributed by atoms with E-state index >= 15 is 0 Å². The fourth-order valence-electron chi connectivity index (χ4n) is 2.33. The number of aliphatic hydroxyl groups is 1. The van der Waals surface area contributed by atoms with E-state index in [1.165, 1.54) is 6.42 Å². The molecule has 0 amide bonds. The molecule has 1 fully saturated rings. The minimum absolute atomic E-state index is 0.277. The van der Waals surface area contributed by atoms with Gasteiger partial charge < -0.3 is 15.0 Å². The number of nitrogens with zero attached hydrogens (tertiary/aromatic N) is 2. The SMILES string of the molecule is Cn1c(Cl)cnc1CNC1CCCC1CO. The molecule has 5 heteroatoms. The molecule has 1 heterocycles. The predicted molar refractivity (Wildman–Crippen MR) is 63.3 cm³/mol. The van der Waals surface area contributed by atoms with Crippen molar-refractivity contribution < 1.29 is 5.11 Å². The maximum absolute atomic E-state index is 9.21. The van der Waals surface area contributed by atoms with Gasteiger partial charge in [-0.2, -0.15) is 0 Å². The van der Waals surface area contributed by atoms with Crippen LogP contribution in [0.15, 0.2) is 6.20 Å². The van der Waals surface area contributed by atoms with E-state index < -0.39 is 0 Å². The molecule has 1 aromatic rings. The Balaban J connectivity index is 1.89. The summed E-state index contributed by atoms with van der Waals surface area (Å²) in [5.74, 6) is 1.34. The molecule has 90 valence electrons. The Hall–Kier alpha value is -0.580. The highest BCUT2D eigenvalue weighted by atomic mass is 35.5. The summed E-state index contributed by atoms with van der Waals surface area (Å²) in [6.45, 7) is 0.989. The molecule has 2 N–H and O–H groups in total. The van der Waals surface area contributed by atoms with Crippen LogP contribution < -0.4 is 5.32 Å². The monoisotopic (exact) mass is 243 g/mol. The second-order valence-electron chi connectivity index (χ2n) is 4.42. The first kappa shape index (κ1) is 11.9. The van der Waals surface area contributed by atoms with Gasteiger partial charge in [0.2, 0.25) is 0 Å². The van der Waals surface area contributed by atoms with Crippen LogP contribution in [-0.4, -0.2) is 27.3 Å². The van der Waals surface area contributed by atoms with Gasteiger partial charge in [0, 0.05) is 19.7 Å². The Morgan fingerprint density at radius 3 is 3.06 bits per heavy atom. The fourth-order valence-corrected chi connectivity index (χ4v) is 2.48. The summed E-state index contributed by atoms with van der Waals surface area (Å²) >= 11 is 5.91. The lowest BCUT2D eigenvalue weighted by Crippen LogP contribution is -2.34. The molecule has 2 unspecified atom stereocenters. The van der Waals surface area contributed by atoms with Gasteiger partial charge in [-0.3, -0.25) is 0 Å². The molecule has 0 spiro atoms. The average Bonchev–Trinajstić information content (AvgIpc) is 2.86. The van der Waals surface area contributed by atoms with Crippen LogP contribution >= 0.6 is 11.6 Å². The summed E-state index contributed by atoms with van der Waals surface area (Å²) in [7, 11) is 1.91. The van der Waals surface area contributed by atoms with Gasteiger partial charge in [-0.25, -0.2) is 4.98 Å². The number of halogens is 1. The van der Waals surface area contributed by atoms with E-state index in [1.807, 2.05) is 11.6 Å². The van der Waals surface area contributed by atoms with Crippen molar-refractivity contribution in [1.29, 1.82) is 0 Å². The Labute approximate surface area is 101 Å².